The van der Waals surface area contributed by atoms with Crippen molar-refractivity contribution in [1.29, 1.82) is 0 Å². The zero-order chi connectivity index (χ0) is 27.7. The van der Waals surface area contributed by atoms with Crippen molar-refractivity contribution >= 4 is 22.9 Å². The number of hydrogen-bond acceptors (Lipinski definition) is 1. The van der Waals surface area contributed by atoms with Gasteiger partial charge in [-0.25, -0.2) is 0 Å². The van der Waals surface area contributed by atoms with Crippen LogP contribution >= 0.6 is 0 Å². The summed E-state index contributed by atoms with van der Waals surface area (Å²) in [5.41, 5.74) is 7.12. The van der Waals surface area contributed by atoms with Gasteiger partial charge in [-0.2, -0.15) is 0 Å². The molecular formula is C36H34Cl2NOSiTi. The molecule has 0 atom stereocenters. The first-order valence-corrected chi connectivity index (χ1v) is 20.1. The van der Waals surface area contributed by atoms with Crippen LogP contribution in [0.3, 0.4) is 0 Å². The van der Waals surface area contributed by atoms with Gasteiger partial charge in [0.1, 0.15) is 0 Å². The Balaban J connectivity index is 0.00000202. The molecular weight excluding hydrogens is 609 g/mol. The van der Waals surface area contributed by atoms with Crippen LogP contribution in [0.25, 0.3) is 11.1 Å². The van der Waals surface area contributed by atoms with E-state index in [-0.39, 0.29) is 40.4 Å². The Bertz CT molecular complexity index is 1570. The zero-order valence-corrected chi connectivity index (χ0v) is 28.2. The maximum absolute atomic E-state index is 14.4. The third-order valence-electron chi connectivity index (χ3n) is 7.96. The van der Waals surface area contributed by atoms with E-state index < -0.39 is 24.0 Å². The van der Waals surface area contributed by atoms with Crippen LogP contribution in [0.15, 0.2) is 133 Å². The second kappa shape index (κ2) is 13.6. The largest absolute Gasteiger partial charge is 1.00 e. The second-order valence-corrected chi connectivity index (χ2v) is 21.7. The van der Waals surface area contributed by atoms with E-state index in [0.717, 1.165) is 11.1 Å². The SMILES string of the molecule is CC(C)(C)c1ccccc1C(=O)[NH][Ti+2]([CH]1c2ccccc2-c2ccccc21)[SiH](c1ccccc1)c1ccccc1.[Cl-].[Cl-]. The Labute approximate surface area is 269 Å². The van der Waals surface area contributed by atoms with Gasteiger partial charge in [0.15, 0.2) is 0 Å². The van der Waals surface area contributed by atoms with Gasteiger partial charge in [-0.05, 0) is 0 Å². The van der Waals surface area contributed by atoms with E-state index in [9.17, 15) is 4.79 Å². The molecule has 6 heteroatoms. The maximum Gasteiger partial charge on any atom is -1.00 e. The summed E-state index contributed by atoms with van der Waals surface area (Å²) >= 11 is -2.49. The quantitative estimate of drug-likeness (QED) is 0.270. The van der Waals surface area contributed by atoms with E-state index in [2.05, 4.69) is 140 Å². The number of amides is 1. The van der Waals surface area contributed by atoms with Gasteiger partial charge in [0.05, 0.1) is 0 Å². The molecule has 2 nitrogen and oxygen atoms in total. The molecule has 42 heavy (non-hydrogen) atoms. The Morgan fingerprint density at radius 1 is 0.619 bits per heavy atom. The van der Waals surface area contributed by atoms with Gasteiger partial charge in [-0.1, -0.05) is 0 Å². The van der Waals surface area contributed by atoms with Crippen LogP contribution in [0.2, 0.25) is 0 Å². The fourth-order valence-corrected chi connectivity index (χ4v) is 21.1. The molecule has 0 spiro atoms. The maximum atomic E-state index is 14.4. The minimum atomic E-state index is -2.49. The van der Waals surface area contributed by atoms with Crippen LogP contribution < -0.4 is 39.0 Å². The average molecular weight is 644 g/mol. The first kappa shape index (κ1) is 32.0. The van der Waals surface area contributed by atoms with Crippen molar-refractivity contribution < 1.29 is 47.0 Å². The smallest absolute Gasteiger partial charge is 1.00 e. The van der Waals surface area contributed by atoms with Crippen LogP contribution in [-0.4, -0.2) is 12.6 Å². The first-order valence-electron chi connectivity index (χ1n) is 14.0. The molecule has 0 radical (unpaired) electrons. The number of carbonyl (C=O) groups is 1. The molecule has 0 saturated carbocycles. The summed E-state index contributed by atoms with van der Waals surface area (Å²) in [6.45, 7) is 4.72. The van der Waals surface area contributed by atoms with E-state index >= 15 is 0 Å². The molecule has 0 saturated heterocycles. The van der Waals surface area contributed by atoms with Crippen molar-refractivity contribution in [3.8, 4) is 11.1 Å². The van der Waals surface area contributed by atoms with E-state index in [1.807, 2.05) is 18.2 Å². The second-order valence-electron chi connectivity index (χ2n) is 11.6. The summed E-state index contributed by atoms with van der Waals surface area (Å²) in [4.78, 5) is 14.4. The number of rotatable bonds is 6. The van der Waals surface area contributed by atoms with Gasteiger partial charge >= 0.3 is 246 Å². The standard InChI is InChI=1S/C13H9.C12H11Si.C11H15NO.2ClH.Ti/c1-3-7-12-10(5-1)9-11-6-2-4-8-13(11)12;1-3-7-11(8-4-1)13-12-9-5-2-6-10-12;1-11(2,3)9-7-5-4-6-8(9)10(12)13;;;/h1-9H;1-10,13H;4-7H,1-3H3,(H2,12,13);2*1H;/q;;;;;+3/p-3. The molecule has 1 aliphatic carbocycles. The number of hydrogen-bond donors (Lipinski definition) is 1. The van der Waals surface area contributed by atoms with E-state index in [4.69, 9.17) is 0 Å². The molecule has 1 aliphatic rings. The van der Waals surface area contributed by atoms with E-state index in [1.54, 1.807) is 0 Å². The molecule has 0 aromatic heterocycles. The molecule has 0 heterocycles. The first-order chi connectivity index (χ1) is 19.4. The third kappa shape index (κ3) is 6.22. The monoisotopic (exact) mass is 642 g/mol. The molecule has 0 aliphatic heterocycles. The Morgan fingerprint density at radius 3 is 1.55 bits per heavy atom. The minimum Gasteiger partial charge on any atom is -1.00 e. The van der Waals surface area contributed by atoms with Gasteiger partial charge in [0, 0.05) is 0 Å². The summed E-state index contributed by atoms with van der Waals surface area (Å²) in [6.07, 6.45) is 0. The molecule has 0 unspecified atom stereocenters. The molecule has 211 valence electrons. The summed E-state index contributed by atoms with van der Waals surface area (Å²) in [7, 11) is 0. The van der Waals surface area contributed by atoms with Crippen LogP contribution in [0.5, 0.6) is 0 Å². The Kier molecular flexibility index (Phi) is 10.4. The topological polar surface area (TPSA) is 29.1 Å². The van der Waals surface area contributed by atoms with Gasteiger partial charge < -0.3 is 24.8 Å². The van der Waals surface area contributed by atoms with Crippen molar-refractivity contribution in [3.05, 3.63) is 156 Å². The Morgan fingerprint density at radius 2 is 1.05 bits per heavy atom. The molecule has 5 aromatic rings. The van der Waals surface area contributed by atoms with Gasteiger partial charge in [-0.15, -0.1) is 0 Å². The fourth-order valence-electron chi connectivity index (χ4n) is 6.18. The van der Waals surface area contributed by atoms with E-state index in [0.29, 0.717) is 0 Å². The predicted octanol–water partition coefficient (Wildman–Crippen LogP) is 0.563. The third-order valence-corrected chi connectivity index (χ3v) is 21.4. The number of benzene rings is 5. The van der Waals surface area contributed by atoms with Crippen molar-refractivity contribution in [2.75, 3.05) is 0 Å². The summed E-state index contributed by atoms with van der Waals surface area (Å²) in [5.74, 6) is 0.0757. The number of halogens is 2. The normalized spacial score (nSPS) is 12.0. The van der Waals surface area contributed by atoms with Gasteiger partial charge in [0.2, 0.25) is 0 Å². The number of fused-ring (bicyclic) bond motifs is 3. The molecule has 1 amide bonds. The number of carbonyl (C=O) groups excluding carboxylic acids is 1. The van der Waals surface area contributed by atoms with Crippen LogP contribution in [0.4, 0.5) is 0 Å². The predicted molar refractivity (Wildman–Crippen MR) is 166 cm³/mol. The summed E-state index contributed by atoms with van der Waals surface area (Å²) in [5, 5.41) is 2.80. The molecule has 0 fully saturated rings. The van der Waals surface area contributed by atoms with Crippen molar-refractivity contribution in [3.63, 3.8) is 0 Å². The van der Waals surface area contributed by atoms with E-state index in [1.165, 1.54) is 32.6 Å². The molecule has 5 aromatic carbocycles. The zero-order valence-electron chi connectivity index (χ0n) is 24.0. The van der Waals surface area contributed by atoms with Crippen molar-refractivity contribution in [2.45, 2.75) is 30.4 Å². The van der Waals surface area contributed by atoms with Crippen LogP contribution in [0, 0.1) is 0 Å². The Hall–Kier alpha value is -2.92. The minimum absolute atomic E-state index is 0. The van der Waals surface area contributed by atoms with Crippen LogP contribution in [-0.2, 0) is 22.8 Å². The molecule has 0 bridgehead atoms. The van der Waals surface area contributed by atoms with Gasteiger partial charge in [0.25, 0.3) is 0 Å². The van der Waals surface area contributed by atoms with Crippen LogP contribution in [0.1, 0.15) is 52.0 Å². The summed E-state index contributed by atoms with van der Waals surface area (Å²) in [6, 6.07) is 47.8. The summed E-state index contributed by atoms with van der Waals surface area (Å²) < 4.78 is 4.07. The van der Waals surface area contributed by atoms with Crippen molar-refractivity contribution in [1.82, 2.24) is 3.80 Å². The fraction of sp³-hybridized carbons (Fsp3) is 0.139. The molecule has 1 N–H and O–H groups in total. The van der Waals surface area contributed by atoms with Gasteiger partial charge in [-0.3, -0.25) is 0 Å². The molecule has 6 rings (SSSR count). The average Bonchev–Trinajstić information content (AvgIpc) is 3.32. The number of nitrogens with one attached hydrogen (secondary N) is 1. The van der Waals surface area contributed by atoms with Crippen molar-refractivity contribution in [2.24, 2.45) is 0 Å².